The van der Waals surface area contributed by atoms with Gasteiger partial charge in [-0.1, -0.05) is 6.92 Å². The van der Waals surface area contributed by atoms with E-state index in [1.165, 1.54) is 6.42 Å². The summed E-state index contributed by atoms with van der Waals surface area (Å²) in [6.07, 6.45) is 1.17. The first-order chi connectivity index (χ1) is 8.76. The molecule has 1 rings (SSSR count). The molecule has 102 valence electrons. The minimum atomic E-state index is 0.0856. The predicted octanol–water partition coefficient (Wildman–Crippen LogP) is 2.35. The molecule has 1 aromatic carbocycles. The second kappa shape index (κ2) is 8.24. The lowest BCUT2D eigenvalue weighted by molar-refractivity contribution is 0.386. The van der Waals surface area contributed by atoms with Crippen LogP contribution in [0.25, 0.3) is 0 Å². The fraction of sp³-hybridized carbons (Fsp3) is 0.538. The quantitative estimate of drug-likeness (QED) is 0.431. The Morgan fingerprint density at radius 2 is 2.11 bits per heavy atom. The third-order valence-corrected chi connectivity index (χ3v) is 3.92. The number of thioether (sulfide) groups is 1. The summed E-state index contributed by atoms with van der Waals surface area (Å²) in [6.45, 7) is 2.17. The van der Waals surface area contributed by atoms with Crippen LogP contribution in [0.5, 0.6) is 11.5 Å². The molecule has 0 spiro atoms. The molecule has 0 heterocycles. The van der Waals surface area contributed by atoms with Crippen molar-refractivity contribution < 1.29 is 9.47 Å². The van der Waals surface area contributed by atoms with E-state index in [0.29, 0.717) is 0 Å². The number of nitrogens with one attached hydrogen (secondary N) is 1. The molecule has 0 saturated carbocycles. The fourth-order valence-corrected chi connectivity index (χ4v) is 2.65. The van der Waals surface area contributed by atoms with Gasteiger partial charge in [-0.15, -0.1) is 0 Å². The van der Waals surface area contributed by atoms with Crippen LogP contribution in [0, 0.1) is 0 Å². The molecule has 0 fully saturated rings. The summed E-state index contributed by atoms with van der Waals surface area (Å²) in [5.41, 5.74) is 3.91. The maximum Gasteiger partial charge on any atom is 0.127 e. The molecule has 0 radical (unpaired) electrons. The van der Waals surface area contributed by atoms with Gasteiger partial charge in [-0.25, -0.2) is 0 Å². The average molecular weight is 270 g/mol. The largest absolute Gasteiger partial charge is 0.497 e. The molecule has 3 N–H and O–H groups in total. The summed E-state index contributed by atoms with van der Waals surface area (Å²) in [7, 11) is 3.30. The average Bonchev–Trinajstić information content (AvgIpc) is 2.43. The topological polar surface area (TPSA) is 56.5 Å². The van der Waals surface area contributed by atoms with Gasteiger partial charge in [0.05, 0.1) is 20.3 Å². The highest BCUT2D eigenvalue weighted by Gasteiger charge is 2.15. The van der Waals surface area contributed by atoms with E-state index in [2.05, 4.69) is 12.3 Å². The van der Waals surface area contributed by atoms with E-state index < -0.39 is 0 Å². The van der Waals surface area contributed by atoms with Crippen molar-refractivity contribution in [1.82, 2.24) is 5.43 Å². The Labute approximate surface area is 113 Å². The summed E-state index contributed by atoms with van der Waals surface area (Å²) in [5.74, 6) is 9.28. The van der Waals surface area contributed by atoms with Gasteiger partial charge in [0.2, 0.25) is 0 Å². The summed E-state index contributed by atoms with van der Waals surface area (Å²) >= 11 is 1.88. The van der Waals surface area contributed by atoms with E-state index in [1.54, 1.807) is 14.2 Å². The van der Waals surface area contributed by atoms with Gasteiger partial charge in [0.15, 0.2) is 0 Å². The standard InChI is InChI=1S/C13H22N2O2S/c1-4-7-18-9-12(15-14)11-6-5-10(16-2)8-13(11)17-3/h5-6,8,12,15H,4,7,9,14H2,1-3H3. The summed E-state index contributed by atoms with van der Waals surface area (Å²) in [4.78, 5) is 0. The molecule has 0 saturated heterocycles. The summed E-state index contributed by atoms with van der Waals surface area (Å²) in [5, 5.41) is 0. The van der Waals surface area contributed by atoms with Crippen molar-refractivity contribution in [1.29, 1.82) is 0 Å². The van der Waals surface area contributed by atoms with Gasteiger partial charge >= 0.3 is 0 Å². The number of ether oxygens (including phenoxy) is 2. The SMILES string of the molecule is CCCSCC(NN)c1ccc(OC)cc1OC. The molecule has 0 aliphatic rings. The van der Waals surface area contributed by atoms with Crippen molar-refractivity contribution >= 4 is 11.8 Å². The Kier molecular flexibility index (Phi) is 6.93. The molecule has 18 heavy (non-hydrogen) atoms. The second-order valence-corrected chi connectivity index (χ2v) is 5.05. The fourth-order valence-electron chi connectivity index (χ4n) is 1.68. The van der Waals surface area contributed by atoms with Crippen LogP contribution in [0.2, 0.25) is 0 Å². The zero-order valence-corrected chi connectivity index (χ0v) is 12.0. The zero-order chi connectivity index (χ0) is 13.4. The number of hydrogen-bond acceptors (Lipinski definition) is 5. The van der Waals surface area contributed by atoms with Crippen molar-refractivity contribution in [3.05, 3.63) is 23.8 Å². The summed E-state index contributed by atoms with van der Waals surface area (Å²) in [6, 6.07) is 5.88. The minimum Gasteiger partial charge on any atom is -0.497 e. The number of methoxy groups -OCH3 is 2. The lowest BCUT2D eigenvalue weighted by atomic mass is 10.1. The Bertz CT molecular complexity index is 361. The van der Waals surface area contributed by atoms with E-state index in [4.69, 9.17) is 15.3 Å². The second-order valence-electron chi connectivity index (χ2n) is 3.90. The highest BCUT2D eigenvalue weighted by molar-refractivity contribution is 7.99. The first kappa shape index (κ1) is 15.1. The van der Waals surface area contributed by atoms with Gasteiger partial charge in [-0.05, 0) is 24.3 Å². The molecule has 1 unspecified atom stereocenters. The Morgan fingerprint density at radius 1 is 1.33 bits per heavy atom. The van der Waals surface area contributed by atoms with Crippen LogP contribution in [0.3, 0.4) is 0 Å². The van der Waals surface area contributed by atoms with Crippen LogP contribution in [0.1, 0.15) is 24.9 Å². The monoisotopic (exact) mass is 270 g/mol. The number of nitrogens with two attached hydrogens (primary N) is 1. The molecule has 0 amide bonds. The van der Waals surface area contributed by atoms with Crippen LogP contribution < -0.4 is 20.7 Å². The minimum absolute atomic E-state index is 0.0856. The van der Waals surface area contributed by atoms with E-state index >= 15 is 0 Å². The van der Waals surface area contributed by atoms with Crippen molar-refractivity contribution in [3.8, 4) is 11.5 Å². The molecule has 5 heteroatoms. The van der Waals surface area contributed by atoms with Crippen LogP contribution in [-0.2, 0) is 0 Å². The van der Waals surface area contributed by atoms with E-state index in [-0.39, 0.29) is 6.04 Å². The maximum atomic E-state index is 5.63. The normalized spacial score (nSPS) is 12.2. The number of hydrazine groups is 1. The van der Waals surface area contributed by atoms with Crippen molar-refractivity contribution in [2.24, 2.45) is 5.84 Å². The van der Waals surface area contributed by atoms with E-state index in [9.17, 15) is 0 Å². The van der Waals surface area contributed by atoms with Crippen LogP contribution in [0.4, 0.5) is 0 Å². The highest BCUT2D eigenvalue weighted by atomic mass is 32.2. The van der Waals surface area contributed by atoms with Crippen LogP contribution in [-0.4, -0.2) is 25.7 Å². The van der Waals surface area contributed by atoms with Gasteiger partial charge in [0, 0.05) is 17.4 Å². The first-order valence-electron chi connectivity index (χ1n) is 6.02. The third-order valence-electron chi connectivity index (χ3n) is 2.65. The van der Waals surface area contributed by atoms with Gasteiger partial charge in [-0.2, -0.15) is 11.8 Å². The molecule has 4 nitrogen and oxygen atoms in total. The molecule has 1 atom stereocenters. The molecular weight excluding hydrogens is 248 g/mol. The van der Waals surface area contributed by atoms with E-state index in [1.807, 2.05) is 30.0 Å². The Morgan fingerprint density at radius 3 is 2.67 bits per heavy atom. The van der Waals surface area contributed by atoms with Crippen LogP contribution >= 0.6 is 11.8 Å². The number of benzene rings is 1. The zero-order valence-electron chi connectivity index (χ0n) is 11.2. The van der Waals surface area contributed by atoms with Crippen molar-refractivity contribution in [2.45, 2.75) is 19.4 Å². The Balaban J connectivity index is 2.83. The van der Waals surface area contributed by atoms with Gasteiger partial charge in [-0.3, -0.25) is 11.3 Å². The predicted molar refractivity (Wildman–Crippen MR) is 77.2 cm³/mol. The van der Waals surface area contributed by atoms with Crippen LogP contribution in [0.15, 0.2) is 18.2 Å². The summed E-state index contributed by atoms with van der Waals surface area (Å²) < 4.78 is 10.6. The van der Waals surface area contributed by atoms with Crippen molar-refractivity contribution in [3.63, 3.8) is 0 Å². The molecule has 0 aliphatic heterocycles. The molecule has 0 bridgehead atoms. The molecule has 0 aliphatic carbocycles. The highest BCUT2D eigenvalue weighted by Crippen LogP contribution is 2.30. The lowest BCUT2D eigenvalue weighted by Crippen LogP contribution is -2.30. The van der Waals surface area contributed by atoms with Gasteiger partial charge < -0.3 is 9.47 Å². The van der Waals surface area contributed by atoms with Crippen molar-refractivity contribution in [2.75, 3.05) is 25.7 Å². The van der Waals surface area contributed by atoms with Gasteiger partial charge in [0.25, 0.3) is 0 Å². The molecule has 1 aromatic rings. The molecule has 0 aromatic heterocycles. The number of hydrogen-bond donors (Lipinski definition) is 2. The Hall–Kier alpha value is -0.910. The third kappa shape index (κ3) is 4.08. The molecular formula is C13H22N2O2S. The smallest absolute Gasteiger partial charge is 0.127 e. The number of rotatable bonds is 8. The van der Waals surface area contributed by atoms with E-state index in [0.717, 1.165) is 28.6 Å². The first-order valence-corrected chi connectivity index (χ1v) is 7.18. The lowest BCUT2D eigenvalue weighted by Gasteiger charge is -2.19. The van der Waals surface area contributed by atoms with Gasteiger partial charge in [0.1, 0.15) is 11.5 Å². The maximum absolute atomic E-state index is 5.63.